The minimum Gasteiger partial charge on any atom is -0.378 e. The van der Waals surface area contributed by atoms with Crippen LogP contribution in [-0.4, -0.2) is 31.7 Å². The summed E-state index contributed by atoms with van der Waals surface area (Å²) in [4.78, 5) is 11.7. The van der Waals surface area contributed by atoms with Gasteiger partial charge in [-0.15, -0.1) is 0 Å². The lowest BCUT2D eigenvalue weighted by atomic mass is 9.92. The van der Waals surface area contributed by atoms with Crippen molar-refractivity contribution in [1.82, 2.24) is 5.32 Å². The van der Waals surface area contributed by atoms with Crippen LogP contribution in [0.2, 0.25) is 0 Å². The van der Waals surface area contributed by atoms with Crippen LogP contribution in [0.15, 0.2) is 0 Å². The molecule has 94 valence electrons. The second-order valence-corrected chi connectivity index (χ2v) is 5.12. The highest BCUT2D eigenvalue weighted by molar-refractivity contribution is 5.81. The Morgan fingerprint density at radius 2 is 2.25 bits per heavy atom. The zero-order valence-electron chi connectivity index (χ0n) is 10.4. The fraction of sp³-hybridized carbons (Fsp3) is 0.917. The van der Waals surface area contributed by atoms with Gasteiger partial charge in [0.05, 0.1) is 11.5 Å². The first-order chi connectivity index (χ1) is 7.56. The number of ether oxygens (including phenoxy) is 1. The molecule has 0 aliphatic carbocycles. The van der Waals surface area contributed by atoms with Crippen LogP contribution < -0.4 is 11.1 Å². The smallest absolute Gasteiger partial charge is 0.226 e. The maximum Gasteiger partial charge on any atom is 0.226 e. The molecule has 1 unspecified atom stereocenters. The molecule has 1 amide bonds. The molecule has 0 radical (unpaired) electrons. The first-order valence-electron chi connectivity index (χ1n) is 6.16. The molecule has 1 aliphatic heterocycles. The normalized spacial score (nSPS) is 21.8. The van der Waals surface area contributed by atoms with Gasteiger partial charge < -0.3 is 15.8 Å². The monoisotopic (exact) mass is 228 g/mol. The highest BCUT2D eigenvalue weighted by Gasteiger charge is 2.25. The van der Waals surface area contributed by atoms with Crippen LogP contribution in [0, 0.1) is 5.41 Å². The molecule has 1 heterocycles. The molecule has 4 heteroatoms. The molecule has 1 fully saturated rings. The van der Waals surface area contributed by atoms with Crippen molar-refractivity contribution in [2.24, 2.45) is 11.1 Å². The van der Waals surface area contributed by atoms with Crippen molar-refractivity contribution in [2.75, 3.05) is 19.7 Å². The minimum atomic E-state index is -0.465. The standard InChI is InChI=1S/C12H24N2O2/c1-12(2,9-13)11(15)14-7-6-10-5-3-4-8-16-10/h10H,3-9,13H2,1-2H3,(H,14,15). The third-order valence-corrected chi connectivity index (χ3v) is 3.15. The Kier molecular flexibility index (Phi) is 5.22. The minimum absolute atomic E-state index is 0.0332. The zero-order valence-corrected chi connectivity index (χ0v) is 10.4. The lowest BCUT2D eigenvalue weighted by Crippen LogP contribution is -2.42. The van der Waals surface area contributed by atoms with Crippen LogP contribution in [0.4, 0.5) is 0 Å². The van der Waals surface area contributed by atoms with Crippen LogP contribution in [0.3, 0.4) is 0 Å². The summed E-state index contributed by atoms with van der Waals surface area (Å²) in [5.74, 6) is 0.0332. The maximum atomic E-state index is 11.7. The van der Waals surface area contributed by atoms with E-state index in [1.165, 1.54) is 12.8 Å². The number of carbonyl (C=O) groups excluding carboxylic acids is 1. The van der Waals surface area contributed by atoms with E-state index in [4.69, 9.17) is 10.5 Å². The Hall–Kier alpha value is -0.610. The highest BCUT2D eigenvalue weighted by atomic mass is 16.5. The van der Waals surface area contributed by atoms with E-state index in [2.05, 4.69) is 5.32 Å². The first kappa shape index (κ1) is 13.5. The first-order valence-corrected chi connectivity index (χ1v) is 6.16. The fourth-order valence-electron chi connectivity index (χ4n) is 1.71. The van der Waals surface area contributed by atoms with Gasteiger partial charge in [0, 0.05) is 19.7 Å². The van der Waals surface area contributed by atoms with Crippen LogP contribution in [0.1, 0.15) is 39.5 Å². The van der Waals surface area contributed by atoms with E-state index < -0.39 is 5.41 Å². The Bertz CT molecular complexity index is 223. The summed E-state index contributed by atoms with van der Waals surface area (Å²) in [5.41, 5.74) is 5.07. The van der Waals surface area contributed by atoms with Gasteiger partial charge in [0.25, 0.3) is 0 Å². The average Bonchev–Trinajstić information content (AvgIpc) is 2.30. The molecule has 1 rings (SSSR count). The van der Waals surface area contributed by atoms with E-state index in [0.717, 1.165) is 19.4 Å². The lowest BCUT2D eigenvalue weighted by molar-refractivity contribution is -0.129. The number of hydrogen-bond donors (Lipinski definition) is 2. The third kappa shape index (κ3) is 4.10. The summed E-state index contributed by atoms with van der Waals surface area (Å²) in [7, 11) is 0. The summed E-state index contributed by atoms with van der Waals surface area (Å²) in [5, 5.41) is 2.92. The van der Waals surface area contributed by atoms with Gasteiger partial charge in [-0.3, -0.25) is 4.79 Å². The number of nitrogens with one attached hydrogen (secondary N) is 1. The molecule has 1 aliphatic rings. The predicted octanol–water partition coefficient (Wildman–Crippen LogP) is 1.05. The predicted molar refractivity (Wildman–Crippen MR) is 64.1 cm³/mol. The van der Waals surface area contributed by atoms with Gasteiger partial charge in [0.2, 0.25) is 5.91 Å². The van der Waals surface area contributed by atoms with E-state index in [9.17, 15) is 4.79 Å². The Morgan fingerprint density at radius 1 is 1.50 bits per heavy atom. The van der Waals surface area contributed by atoms with E-state index in [1.807, 2.05) is 13.8 Å². The molecule has 1 saturated heterocycles. The van der Waals surface area contributed by atoms with Gasteiger partial charge in [-0.05, 0) is 39.5 Å². The van der Waals surface area contributed by atoms with Crippen molar-refractivity contribution in [1.29, 1.82) is 0 Å². The molecular formula is C12H24N2O2. The van der Waals surface area contributed by atoms with Gasteiger partial charge in [0.15, 0.2) is 0 Å². The average molecular weight is 228 g/mol. The summed E-state index contributed by atoms with van der Waals surface area (Å²) in [6.07, 6.45) is 4.77. The topological polar surface area (TPSA) is 64.4 Å². The highest BCUT2D eigenvalue weighted by Crippen LogP contribution is 2.16. The SMILES string of the molecule is CC(C)(CN)C(=O)NCCC1CCCCO1. The number of amides is 1. The quantitative estimate of drug-likeness (QED) is 0.739. The summed E-state index contributed by atoms with van der Waals surface area (Å²) in [6.45, 7) is 5.65. The molecule has 1 atom stereocenters. The largest absolute Gasteiger partial charge is 0.378 e. The van der Waals surface area contributed by atoms with Crippen LogP contribution in [-0.2, 0) is 9.53 Å². The molecule has 0 aromatic carbocycles. The Labute approximate surface area is 97.9 Å². The lowest BCUT2D eigenvalue weighted by Gasteiger charge is -2.24. The molecule has 0 bridgehead atoms. The molecule has 0 aromatic rings. The fourth-order valence-corrected chi connectivity index (χ4v) is 1.71. The number of rotatable bonds is 5. The van der Waals surface area contributed by atoms with Crippen LogP contribution in [0.5, 0.6) is 0 Å². The van der Waals surface area contributed by atoms with Crippen LogP contribution in [0.25, 0.3) is 0 Å². The molecule has 4 nitrogen and oxygen atoms in total. The van der Waals surface area contributed by atoms with Crippen molar-refractivity contribution >= 4 is 5.91 Å². The van der Waals surface area contributed by atoms with E-state index >= 15 is 0 Å². The number of hydrogen-bond acceptors (Lipinski definition) is 3. The second-order valence-electron chi connectivity index (χ2n) is 5.12. The van der Waals surface area contributed by atoms with Gasteiger partial charge in [-0.25, -0.2) is 0 Å². The van der Waals surface area contributed by atoms with Gasteiger partial charge in [-0.2, -0.15) is 0 Å². The summed E-state index contributed by atoms with van der Waals surface area (Å²) < 4.78 is 5.60. The van der Waals surface area contributed by atoms with Crippen molar-refractivity contribution in [2.45, 2.75) is 45.6 Å². The Morgan fingerprint density at radius 3 is 2.81 bits per heavy atom. The van der Waals surface area contributed by atoms with Crippen molar-refractivity contribution in [3.8, 4) is 0 Å². The number of carbonyl (C=O) groups is 1. The zero-order chi connectivity index (χ0) is 12.0. The molecule has 0 spiro atoms. The second kappa shape index (κ2) is 6.21. The molecular weight excluding hydrogens is 204 g/mol. The van der Waals surface area contributed by atoms with Crippen molar-refractivity contribution < 1.29 is 9.53 Å². The third-order valence-electron chi connectivity index (χ3n) is 3.15. The maximum absolute atomic E-state index is 11.7. The van der Waals surface area contributed by atoms with Gasteiger partial charge >= 0.3 is 0 Å². The Balaban J connectivity index is 2.17. The molecule has 3 N–H and O–H groups in total. The number of nitrogens with two attached hydrogens (primary N) is 1. The summed E-state index contributed by atoms with van der Waals surface area (Å²) in [6, 6.07) is 0. The van der Waals surface area contributed by atoms with Crippen LogP contribution >= 0.6 is 0 Å². The van der Waals surface area contributed by atoms with E-state index in [0.29, 0.717) is 19.2 Å². The molecule has 16 heavy (non-hydrogen) atoms. The van der Waals surface area contributed by atoms with E-state index in [-0.39, 0.29) is 5.91 Å². The van der Waals surface area contributed by atoms with Gasteiger partial charge in [0.1, 0.15) is 0 Å². The molecule has 0 aromatic heterocycles. The van der Waals surface area contributed by atoms with Crippen molar-refractivity contribution in [3.05, 3.63) is 0 Å². The van der Waals surface area contributed by atoms with Crippen molar-refractivity contribution in [3.63, 3.8) is 0 Å². The summed E-state index contributed by atoms with van der Waals surface area (Å²) >= 11 is 0. The molecule has 0 saturated carbocycles. The van der Waals surface area contributed by atoms with Gasteiger partial charge in [-0.1, -0.05) is 0 Å². The van der Waals surface area contributed by atoms with E-state index in [1.54, 1.807) is 0 Å².